The highest BCUT2D eigenvalue weighted by Gasteiger charge is 2.21. The van der Waals surface area contributed by atoms with Crippen LogP contribution < -0.4 is 5.32 Å². The highest BCUT2D eigenvalue weighted by molar-refractivity contribution is 5.25. The Hall–Kier alpha value is -0.820. The van der Waals surface area contributed by atoms with Crippen LogP contribution in [0.3, 0.4) is 0 Å². The number of aryl methyl sites for hydroxylation is 1. The van der Waals surface area contributed by atoms with E-state index in [4.69, 9.17) is 0 Å². The number of hydrogen-bond donors (Lipinski definition) is 1. The van der Waals surface area contributed by atoms with E-state index in [0.29, 0.717) is 6.04 Å². The van der Waals surface area contributed by atoms with E-state index in [1.165, 1.54) is 24.1 Å². The number of rotatable bonds is 2. The first-order chi connectivity index (χ1) is 6.79. The van der Waals surface area contributed by atoms with Gasteiger partial charge in [-0.15, -0.1) is 0 Å². The van der Waals surface area contributed by atoms with Crippen LogP contribution in [-0.2, 0) is 6.42 Å². The highest BCUT2D eigenvalue weighted by Crippen LogP contribution is 2.26. The zero-order chi connectivity index (χ0) is 9.97. The van der Waals surface area contributed by atoms with Crippen molar-refractivity contribution in [3.05, 3.63) is 35.4 Å². The molecule has 0 aliphatic carbocycles. The van der Waals surface area contributed by atoms with Gasteiger partial charge in [0.05, 0.1) is 0 Å². The maximum atomic E-state index is 3.56. The first-order valence-corrected chi connectivity index (χ1v) is 5.62. The largest absolute Gasteiger partial charge is 0.310 e. The van der Waals surface area contributed by atoms with Crippen molar-refractivity contribution in [1.82, 2.24) is 5.32 Å². The van der Waals surface area contributed by atoms with Gasteiger partial charge >= 0.3 is 0 Å². The first-order valence-electron chi connectivity index (χ1n) is 5.62. The number of hydrogen-bond acceptors (Lipinski definition) is 1. The summed E-state index contributed by atoms with van der Waals surface area (Å²) < 4.78 is 0. The molecule has 0 unspecified atom stereocenters. The fourth-order valence-electron chi connectivity index (χ4n) is 2.15. The molecule has 1 fully saturated rings. The van der Waals surface area contributed by atoms with Crippen LogP contribution in [0.5, 0.6) is 0 Å². The summed E-state index contributed by atoms with van der Waals surface area (Å²) in [5, 5.41) is 3.56. The number of nitrogens with one attached hydrogen (secondary N) is 1. The Morgan fingerprint density at radius 1 is 1.29 bits per heavy atom. The fourth-order valence-corrected chi connectivity index (χ4v) is 2.15. The zero-order valence-corrected chi connectivity index (χ0v) is 9.09. The van der Waals surface area contributed by atoms with Crippen molar-refractivity contribution in [2.75, 3.05) is 6.54 Å². The van der Waals surface area contributed by atoms with Crippen LogP contribution >= 0.6 is 0 Å². The zero-order valence-electron chi connectivity index (χ0n) is 9.09. The van der Waals surface area contributed by atoms with E-state index in [9.17, 15) is 0 Å². The van der Waals surface area contributed by atoms with E-state index in [1.807, 2.05) is 0 Å². The van der Waals surface area contributed by atoms with Crippen molar-refractivity contribution in [3.8, 4) is 0 Å². The van der Waals surface area contributed by atoms with Gasteiger partial charge in [0.25, 0.3) is 0 Å². The molecule has 0 spiro atoms. The normalized spacial score (nSPS) is 26.7. The van der Waals surface area contributed by atoms with E-state index in [1.54, 1.807) is 0 Å². The molecular formula is C13H19N. The third-order valence-electron chi connectivity index (χ3n) is 3.14. The monoisotopic (exact) mass is 189 g/mol. The molecule has 1 heteroatoms. The first kappa shape index (κ1) is 9.72. The predicted octanol–water partition coefficient (Wildman–Crippen LogP) is 2.92. The lowest BCUT2D eigenvalue weighted by Crippen LogP contribution is -2.13. The summed E-state index contributed by atoms with van der Waals surface area (Å²) in [6, 6.07) is 9.64. The van der Waals surface area contributed by atoms with Gasteiger partial charge in [0.15, 0.2) is 0 Å². The maximum Gasteiger partial charge on any atom is 0.0323 e. The Labute approximate surface area is 86.5 Å². The van der Waals surface area contributed by atoms with Gasteiger partial charge in [0.1, 0.15) is 0 Å². The summed E-state index contributed by atoms with van der Waals surface area (Å²) in [7, 11) is 0. The molecule has 0 bridgehead atoms. The molecule has 14 heavy (non-hydrogen) atoms. The van der Waals surface area contributed by atoms with Gasteiger partial charge in [-0.1, -0.05) is 38.1 Å². The van der Waals surface area contributed by atoms with Crippen LogP contribution in [0, 0.1) is 5.92 Å². The fraction of sp³-hybridized carbons (Fsp3) is 0.538. The molecule has 1 heterocycles. The molecule has 2 atom stereocenters. The minimum absolute atomic E-state index is 0.593. The summed E-state index contributed by atoms with van der Waals surface area (Å²) in [5.41, 5.74) is 2.88. The Balaban J connectivity index is 2.09. The second-order valence-corrected chi connectivity index (χ2v) is 4.40. The summed E-state index contributed by atoms with van der Waals surface area (Å²) in [6.07, 6.45) is 2.42. The second kappa shape index (κ2) is 4.14. The van der Waals surface area contributed by atoms with Crippen molar-refractivity contribution >= 4 is 0 Å². The van der Waals surface area contributed by atoms with Crippen LogP contribution in [0.1, 0.15) is 37.4 Å². The summed E-state index contributed by atoms with van der Waals surface area (Å²) in [4.78, 5) is 0. The van der Waals surface area contributed by atoms with Crippen LogP contribution in [0.2, 0.25) is 0 Å². The van der Waals surface area contributed by atoms with Crippen molar-refractivity contribution in [1.29, 1.82) is 0 Å². The lowest BCUT2D eigenvalue weighted by molar-refractivity contribution is 0.612. The molecular weight excluding hydrogens is 170 g/mol. The van der Waals surface area contributed by atoms with Crippen LogP contribution in [-0.4, -0.2) is 6.54 Å². The third kappa shape index (κ3) is 1.98. The number of benzene rings is 1. The van der Waals surface area contributed by atoms with E-state index >= 15 is 0 Å². The molecule has 1 saturated heterocycles. The lowest BCUT2D eigenvalue weighted by Gasteiger charge is -2.10. The summed E-state index contributed by atoms with van der Waals surface area (Å²) >= 11 is 0. The van der Waals surface area contributed by atoms with Gasteiger partial charge in [0, 0.05) is 6.04 Å². The highest BCUT2D eigenvalue weighted by atomic mass is 14.9. The second-order valence-electron chi connectivity index (χ2n) is 4.40. The van der Waals surface area contributed by atoms with E-state index < -0.39 is 0 Å². The van der Waals surface area contributed by atoms with E-state index in [2.05, 4.69) is 43.4 Å². The van der Waals surface area contributed by atoms with Gasteiger partial charge in [-0.05, 0) is 36.4 Å². The molecule has 1 aromatic carbocycles. The smallest absolute Gasteiger partial charge is 0.0323 e. The summed E-state index contributed by atoms with van der Waals surface area (Å²) in [5.74, 6) is 0.825. The standard InChI is InChI=1S/C13H19N/c1-3-11-4-6-12(7-5-11)13-8-10(2)9-14-13/h4-7,10,13-14H,3,8-9H2,1-2H3/t10-,13+/m1/s1. The molecule has 0 radical (unpaired) electrons. The Kier molecular flexibility index (Phi) is 2.87. The average molecular weight is 189 g/mol. The third-order valence-corrected chi connectivity index (χ3v) is 3.14. The SMILES string of the molecule is CCc1ccc([C@@H]2C[C@@H](C)CN2)cc1. The minimum atomic E-state index is 0.593. The Morgan fingerprint density at radius 2 is 2.00 bits per heavy atom. The van der Waals surface area contributed by atoms with Gasteiger partial charge < -0.3 is 5.32 Å². The van der Waals surface area contributed by atoms with Gasteiger partial charge in [-0.3, -0.25) is 0 Å². The van der Waals surface area contributed by atoms with Crippen LogP contribution in [0.4, 0.5) is 0 Å². The van der Waals surface area contributed by atoms with E-state index in [0.717, 1.165) is 12.3 Å². The topological polar surface area (TPSA) is 12.0 Å². The molecule has 0 amide bonds. The molecule has 1 nitrogen and oxygen atoms in total. The van der Waals surface area contributed by atoms with Crippen LogP contribution in [0.15, 0.2) is 24.3 Å². The van der Waals surface area contributed by atoms with Crippen LogP contribution in [0.25, 0.3) is 0 Å². The minimum Gasteiger partial charge on any atom is -0.310 e. The van der Waals surface area contributed by atoms with Crippen molar-refractivity contribution in [2.45, 2.75) is 32.7 Å². The van der Waals surface area contributed by atoms with Crippen molar-refractivity contribution < 1.29 is 0 Å². The molecule has 2 rings (SSSR count). The predicted molar refractivity (Wildman–Crippen MR) is 60.3 cm³/mol. The Morgan fingerprint density at radius 3 is 2.50 bits per heavy atom. The van der Waals surface area contributed by atoms with Gasteiger partial charge in [-0.25, -0.2) is 0 Å². The van der Waals surface area contributed by atoms with Gasteiger partial charge in [0.2, 0.25) is 0 Å². The van der Waals surface area contributed by atoms with E-state index in [-0.39, 0.29) is 0 Å². The Bertz CT molecular complexity index is 289. The average Bonchev–Trinajstić information content (AvgIpc) is 2.65. The molecule has 76 valence electrons. The quantitative estimate of drug-likeness (QED) is 0.754. The van der Waals surface area contributed by atoms with Crippen molar-refractivity contribution in [2.24, 2.45) is 5.92 Å². The molecule has 0 aromatic heterocycles. The molecule has 1 aromatic rings. The lowest BCUT2D eigenvalue weighted by atomic mass is 10.00. The van der Waals surface area contributed by atoms with Gasteiger partial charge in [-0.2, -0.15) is 0 Å². The molecule has 1 aliphatic heterocycles. The maximum absolute atomic E-state index is 3.56. The molecule has 1 N–H and O–H groups in total. The van der Waals surface area contributed by atoms with Crippen molar-refractivity contribution in [3.63, 3.8) is 0 Å². The molecule has 0 saturated carbocycles. The summed E-state index contributed by atoms with van der Waals surface area (Å²) in [6.45, 7) is 5.68. The molecule has 1 aliphatic rings.